The van der Waals surface area contributed by atoms with Gasteiger partial charge in [-0.3, -0.25) is 14.0 Å². The van der Waals surface area contributed by atoms with Crippen molar-refractivity contribution in [1.29, 1.82) is 0 Å². The van der Waals surface area contributed by atoms with Crippen molar-refractivity contribution < 1.29 is 19.1 Å². The number of pyridine rings is 1. The lowest BCUT2D eigenvalue weighted by molar-refractivity contribution is -0.145. The van der Waals surface area contributed by atoms with Crippen LogP contribution in [-0.2, 0) is 20.9 Å². The lowest BCUT2D eigenvalue weighted by Gasteiger charge is -2.19. The molecule has 2 aromatic rings. The van der Waals surface area contributed by atoms with Crippen molar-refractivity contribution in [2.24, 2.45) is 0 Å². The summed E-state index contributed by atoms with van der Waals surface area (Å²) in [7, 11) is 0. The fourth-order valence-electron chi connectivity index (χ4n) is 2.40. The molecule has 2 aromatic heterocycles. The highest BCUT2D eigenvalue weighted by molar-refractivity contribution is 5.70. The molecule has 2 rings (SSSR count). The second kappa shape index (κ2) is 8.66. The molecule has 0 radical (unpaired) electrons. The van der Waals surface area contributed by atoms with E-state index in [1.54, 1.807) is 26.8 Å². The summed E-state index contributed by atoms with van der Waals surface area (Å²) in [6.45, 7) is 7.38. The Labute approximate surface area is 157 Å². The summed E-state index contributed by atoms with van der Waals surface area (Å²) in [5, 5.41) is 2.58. The van der Waals surface area contributed by atoms with Gasteiger partial charge in [0, 0.05) is 24.7 Å². The molecule has 0 saturated carbocycles. The Hall–Kier alpha value is -2.90. The van der Waals surface area contributed by atoms with Gasteiger partial charge in [0.05, 0.1) is 5.69 Å². The molecule has 8 heteroatoms. The van der Waals surface area contributed by atoms with Gasteiger partial charge in [0.25, 0.3) is 5.56 Å². The first-order valence-electron chi connectivity index (χ1n) is 8.76. The normalized spacial score (nSPS) is 11.3. The molecule has 146 valence electrons. The number of alkyl carbamates (subject to hydrolysis) is 1. The minimum atomic E-state index is -0.562. The van der Waals surface area contributed by atoms with Crippen molar-refractivity contribution in [3.05, 3.63) is 46.0 Å². The van der Waals surface area contributed by atoms with Crippen molar-refractivity contribution >= 4 is 17.7 Å². The molecule has 0 aromatic carbocycles. The van der Waals surface area contributed by atoms with Crippen LogP contribution >= 0.6 is 0 Å². The Kier molecular flexibility index (Phi) is 6.55. The molecule has 8 nitrogen and oxygen atoms in total. The van der Waals surface area contributed by atoms with Gasteiger partial charge in [-0.15, -0.1) is 0 Å². The number of rotatable bonds is 6. The Morgan fingerprint density at radius 1 is 1.26 bits per heavy atom. The number of aryl methyl sites for hydroxylation is 1. The number of ether oxygens (including phenoxy) is 2. The second-order valence-electron chi connectivity index (χ2n) is 7.14. The van der Waals surface area contributed by atoms with Gasteiger partial charge >= 0.3 is 12.1 Å². The molecule has 0 saturated heterocycles. The number of carbonyl (C=O) groups excluding carboxylic acids is 2. The van der Waals surface area contributed by atoms with E-state index < -0.39 is 17.7 Å². The third-order valence-corrected chi connectivity index (χ3v) is 3.54. The molecular formula is C19H25N3O5. The number of nitrogens with zero attached hydrogens (tertiary/aromatic N) is 2. The summed E-state index contributed by atoms with van der Waals surface area (Å²) in [6.07, 6.45) is 0.0408. The Balaban J connectivity index is 1.78. The van der Waals surface area contributed by atoms with Crippen LogP contribution in [0.15, 0.2) is 29.1 Å². The lowest BCUT2D eigenvalue weighted by atomic mass is 10.2. The molecule has 2 heterocycles. The van der Waals surface area contributed by atoms with E-state index in [4.69, 9.17) is 9.47 Å². The van der Waals surface area contributed by atoms with Crippen LogP contribution < -0.4 is 10.9 Å². The molecule has 1 amide bonds. The third-order valence-electron chi connectivity index (χ3n) is 3.54. The minimum Gasteiger partial charge on any atom is -0.459 e. The van der Waals surface area contributed by atoms with E-state index in [1.807, 2.05) is 19.1 Å². The van der Waals surface area contributed by atoms with Gasteiger partial charge < -0.3 is 14.8 Å². The Bertz CT molecular complexity index is 883. The number of aromatic nitrogens is 2. The smallest absolute Gasteiger partial charge is 0.407 e. The molecule has 0 fully saturated rings. The Morgan fingerprint density at radius 2 is 2.00 bits per heavy atom. The summed E-state index contributed by atoms with van der Waals surface area (Å²) in [5.41, 5.74) is 0.908. The van der Waals surface area contributed by atoms with Gasteiger partial charge in [-0.25, -0.2) is 9.78 Å². The maximum Gasteiger partial charge on any atom is 0.407 e. The molecule has 0 aliphatic carbocycles. The van der Waals surface area contributed by atoms with Crippen LogP contribution in [0.3, 0.4) is 0 Å². The van der Waals surface area contributed by atoms with Gasteiger partial charge in [-0.2, -0.15) is 0 Å². The maximum absolute atomic E-state index is 12.2. The van der Waals surface area contributed by atoms with E-state index in [1.165, 1.54) is 10.5 Å². The van der Waals surface area contributed by atoms with Crippen molar-refractivity contribution in [2.75, 3.05) is 6.54 Å². The Morgan fingerprint density at radius 3 is 2.70 bits per heavy atom. The molecule has 0 spiro atoms. The van der Waals surface area contributed by atoms with Gasteiger partial charge in [0.1, 0.15) is 17.9 Å². The molecule has 0 atom stereocenters. The van der Waals surface area contributed by atoms with Gasteiger partial charge in [-0.05, 0) is 46.2 Å². The monoisotopic (exact) mass is 375 g/mol. The highest BCUT2D eigenvalue weighted by Crippen LogP contribution is 2.07. The number of hydrogen-bond donors (Lipinski definition) is 1. The highest BCUT2D eigenvalue weighted by atomic mass is 16.6. The average Bonchev–Trinajstić information content (AvgIpc) is 2.55. The molecule has 0 unspecified atom stereocenters. The van der Waals surface area contributed by atoms with E-state index in [0.29, 0.717) is 24.3 Å². The van der Waals surface area contributed by atoms with Crippen molar-refractivity contribution in [3.8, 4) is 0 Å². The fourth-order valence-corrected chi connectivity index (χ4v) is 2.40. The van der Waals surface area contributed by atoms with Gasteiger partial charge in [0.15, 0.2) is 0 Å². The lowest BCUT2D eigenvalue weighted by Crippen LogP contribution is -2.33. The van der Waals surface area contributed by atoms with Crippen molar-refractivity contribution in [3.63, 3.8) is 0 Å². The van der Waals surface area contributed by atoms with Crippen LogP contribution in [0.25, 0.3) is 5.65 Å². The number of nitrogens with one attached hydrogen (secondary N) is 1. The van der Waals surface area contributed by atoms with Crippen molar-refractivity contribution in [2.45, 2.75) is 52.7 Å². The first-order valence-corrected chi connectivity index (χ1v) is 8.76. The van der Waals surface area contributed by atoms with Crippen molar-refractivity contribution in [1.82, 2.24) is 14.7 Å². The van der Waals surface area contributed by atoms with Crippen LogP contribution in [0.5, 0.6) is 0 Å². The van der Waals surface area contributed by atoms with E-state index in [9.17, 15) is 14.4 Å². The zero-order valence-corrected chi connectivity index (χ0v) is 16.1. The first kappa shape index (κ1) is 20.4. The van der Waals surface area contributed by atoms with E-state index in [2.05, 4.69) is 10.3 Å². The number of hydrogen-bond acceptors (Lipinski definition) is 6. The summed E-state index contributed by atoms with van der Waals surface area (Å²) < 4.78 is 11.7. The number of carbonyl (C=O) groups is 2. The topological polar surface area (TPSA) is 99.0 Å². The molecule has 0 bridgehead atoms. The maximum atomic E-state index is 12.2. The highest BCUT2D eigenvalue weighted by Gasteiger charge is 2.15. The largest absolute Gasteiger partial charge is 0.459 e. The van der Waals surface area contributed by atoms with Gasteiger partial charge in [-0.1, -0.05) is 6.07 Å². The molecule has 27 heavy (non-hydrogen) atoms. The number of fused-ring (bicyclic) bond motifs is 1. The third kappa shape index (κ3) is 6.40. The minimum absolute atomic E-state index is 0.0714. The zero-order chi connectivity index (χ0) is 20.0. The molecule has 1 N–H and O–H groups in total. The quantitative estimate of drug-likeness (QED) is 0.615. The molecule has 0 aliphatic heterocycles. The predicted octanol–water partition coefficient (Wildman–Crippen LogP) is 2.35. The zero-order valence-electron chi connectivity index (χ0n) is 16.1. The van der Waals surface area contributed by atoms with Crippen LogP contribution in [-0.4, -0.2) is 33.6 Å². The predicted molar refractivity (Wildman–Crippen MR) is 99.5 cm³/mol. The van der Waals surface area contributed by atoms with Crippen LogP contribution in [0.4, 0.5) is 4.79 Å². The SMILES string of the molecule is Cc1cccc2nc(COC(=O)CCCNC(=O)OC(C)(C)C)cc(=O)n12. The van der Waals surface area contributed by atoms with E-state index in [-0.39, 0.29) is 18.6 Å². The summed E-state index contributed by atoms with van der Waals surface area (Å²) in [4.78, 5) is 39.8. The standard InChI is InChI=1S/C19H25N3O5/c1-13-7-5-8-15-21-14(11-16(23)22(13)15)12-26-17(24)9-6-10-20-18(25)27-19(2,3)4/h5,7-8,11H,6,9-10,12H2,1-4H3,(H,20,25). The summed E-state index contributed by atoms with van der Waals surface area (Å²) in [5.74, 6) is -0.424. The first-order chi connectivity index (χ1) is 12.7. The van der Waals surface area contributed by atoms with Crippen LogP contribution in [0.1, 0.15) is 45.0 Å². The van der Waals surface area contributed by atoms with E-state index >= 15 is 0 Å². The second-order valence-corrected chi connectivity index (χ2v) is 7.14. The van der Waals surface area contributed by atoms with E-state index in [0.717, 1.165) is 5.69 Å². The summed E-state index contributed by atoms with van der Waals surface area (Å²) >= 11 is 0. The summed E-state index contributed by atoms with van der Waals surface area (Å²) in [6, 6.07) is 6.71. The number of esters is 1. The van der Waals surface area contributed by atoms with Crippen LogP contribution in [0.2, 0.25) is 0 Å². The average molecular weight is 375 g/mol. The molecular weight excluding hydrogens is 350 g/mol. The van der Waals surface area contributed by atoms with Crippen LogP contribution in [0, 0.1) is 6.92 Å². The molecule has 0 aliphatic rings. The fraction of sp³-hybridized carbons (Fsp3) is 0.474. The number of amides is 1. The van der Waals surface area contributed by atoms with Gasteiger partial charge in [0.2, 0.25) is 0 Å².